The van der Waals surface area contributed by atoms with Gasteiger partial charge in [-0.2, -0.15) is 0 Å². The third kappa shape index (κ3) is 3.53. The minimum Gasteiger partial charge on any atom is -0.390 e. The SMILES string of the molecule is CC1C(=O)N(CC(O)CNC(C)(C)C)C(=O)C1C. The van der Waals surface area contributed by atoms with E-state index in [1.807, 2.05) is 20.8 Å². The monoisotopic (exact) mass is 256 g/mol. The van der Waals surface area contributed by atoms with Crippen LogP contribution in [-0.4, -0.2) is 46.6 Å². The Bertz CT molecular complexity index is 316. The molecule has 2 N–H and O–H groups in total. The number of aliphatic hydroxyl groups excluding tert-OH is 1. The smallest absolute Gasteiger partial charge is 0.232 e. The molecular weight excluding hydrogens is 232 g/mol. The van der Waals surface area contributed by atoms with Gasteiger partial charge in [-0.05, 0) is 20.8 Å². The molecule has 1 fully saturated rings. The maximum absolute atomic E-state index is 11.8. The summed E-state index contributed by atoms with van der Waals surface area (Å²) in [6.45, 7) is 9.94. The highest BCUT2D eigenvalue weighted by molar-refractivity contribution is 6.04. The van der Waals surface area contributed by atoms with Crippen molar-refractivity contribution in [2.24, 2.45) is 11.8 Å². The standard InChI is InChI=1S/C13H24N2O3/c1-8-9(2)12(18)15(11(8)17)7-10(16)6-14-13(3,4)5/h8-10,14,16H,6-7H2,1-5H3. The summed E-state index contributed by atoms with van der Waals surface area (Å²) in [6.07, 6.45) is -0.727. The van der Waals surface area contributed by atoms with E-state index < -0.39 is 6.10 Å². The second-order valence-corrected chi connectivity index (χ2v) is 6.15. The summed E-state index contributed by atoms with van der Waals surface area (Å²) in [5.74, 6) is -0.912. The zero-order chi connectivity index (χ0) is 14.1. The lowest BCUT2D eigenvalue weighted by atomic mass is 10.00. The number of hydrogen-bond acceptors (Lipinski definition) is 4. The molecule has 104 valence electrons. The van der Waals surface area contributed by atoms with Crippen molar-refractivity contribution in [3.05, 3.63) is 0 Å². The lowest BCUT2D eigenvalue weighted by molar-refractivity contribution is -0.141. The molecule has 5 nitrogen and oxygen atoms in total. The zero-order valence-electron chi connectivity index (χ0n) is 11.9. The summed E-state index contributed by atoms with van der Waals surface area (Å²) in [6, 6.07) is 0. The molecule has 5 heteroatoms. The Morgan fingerprint density at radius 2 is 1.67 bits per heavy atom. The third-order valence-corrected chi connectivity index (χ3v) is 3.32. The molecule has 18 heavy (non-hydrogen) atoms. The van der Waals surface area contributed by atoms with E-state index in [1.54, 1.807) is 13.8 Å². The summed E-state index contributed by atoms with van der Waals surface area (Å²) >= 11 is 0. The summed E-state index contributed by atoms with van der Waals surface area (Å²) in [4.78, 5) is 24.9. The van der Waals surface area contributed by atoms with E-state index in [2.05, 4.69) is 5.32 Å². The van der Waals surface area contributed by atoms with Gasteiger partial charge < -0.3 is 10.4 Å². The number of imide groups is 1. The maximum atomic E-state index is 11.8. The van der Waals surface area contributed by atoms with Crippen molar-refractivity contribution in [1.29, 1.82) is 0 Å². The van der Waals surface area contributed by atoms with E-state index in [9.17, 15) is 14.7 Å². The van der Waals surface area contributed by atoms with Crippen molar-refractivity contribution in [2.75, 3.05) is 13.1 Å². The van der Waals surface area contributed by atoms with Crippen molar-refractivity contribution < 1.29 is 14.7 Å². The Balaban J connectivity index is 2.52. The zero-order valence-corrected chi connectivity index (χ0v) is 11.9. The lowest BCUT2D eigenvalue weighted by Crippen LogP contribution is -2.46. The Morgan fingerprint density at radius 3 is 2.06 bits per heavy atom. The Morgan fingerprint density at radius 1 is 1.22 bits per heavy atom. The van der Waals surface area contributed by atoms with Crippen LogP contribution >= 0.6 is 0 Å². The van der Waals surface area contributed by atoms with Crippen molar-refractivity contribution in [1.82, 2.24) is 10.2 Å². The van der Waals surface area contributed by atoms with Crippen LogP contribution in [0.5, 0.6) is 0 Å². The lowest BCUT2D eigenvalue weighted by Gasteiger charge is -2.25. The molecular formula is C13H24N2O3. The van der Waals surface area contributed by atoms with Crippen LogP contribution in [0.3, 0.4) is 0 Å². The molecule has 1 rings (SSSR count). The van der Waals surface area contributed by atoms with Crippen LogP contribution in [0, 0.1) is 11.8 Å². The molecule has 0 aromatic carbocycles. The van der Waals surface area contributed by atoms with Crippen LogP contribution in [0.15, 0.2) is 0 Å². The molecule has 0 aliphatic carbocycles. The number of likely N-dealkylation sites (tertiary alicyclic amines) is 1. The average Bonchev–Trinajstić information content (AvgIpc) is 2.43. The number of aliphatic hydroxyl groups is 1. The molecule has 0 aromatic rings. The van der Waals surface area contributed by atoms with Crippen LogP contribution in [0.1, 0.15) is 34.6 Å². The largest absolute Gasteiger partial charge is 0.390 e. The van der Waals surface area contributed by atoms with Gasteiger partial charge in [0.15, 0.2) is 0 Å². The maximum Gasteiger partial charge on any atom is 0.232 e. The number of amides is 2. The molecule has 1 heterocycles. The number of β-amino-alcohol motifs (C(OH)–C–C–N with tert-alkyl or cyclic N) is 1. The molecule has 2 amide bonds. The van der Waals surface area contributed by atoms with Gasteiger partial charge >= 0.3 is 0 Å². The van der Waals surface area contributed by atoms with E-state index in [0.29, 0.717) is 6.54 Å². The Hall–Kier alpha value is -0.940. The first-order chi connectivity index (χ1) is 8.13. The van der Waals surface area contributed by atoms with Crippen LogP contribution < -0.4 is 5.32 Å². The first-order valence-electron chi connectivity index (χ1n) is 6.42. The minimum atomic E-state index is -0.727. The van der Waals surface area contributed by atoms with Crippen LogP contribution in [-0.2, 0) is 9.59 Å². The number of carbonyl (C=O) groups excluding carboxylic acids is 2. The van der Waals surface area contributed by atoms with Gasteiger partial charge in [0.05, 0.1) is 12.6 Å². The molecule has 3 atom stereocenters. The van der Waals surface area contributed by atoms with Crippen LogP contribution in [0.25, 0.3) is 0 Å². The number of hydrogen-bond donors (Lipinski definition) is 2. The van der Waals surface area contributed by atoms with Gasteiger partial charge in [0.1, 0.15) is 0 Å². The highest BCUT2D eigenvalue weighted by Crippen LogP contribution is 2.25. The van der Waals surface area contributed by atoms with Crippen molar-refractivity contribution in [3.63, 3.8) is 0 Å². The molecule has 1 aliphatic heterocycles. The van der Waals surface area contributed by atoms with Crippen molar-refractivity contribution in [3.8, 4) is 0 Å². The van der Waals surface area contributed by atoms with E-state index >= 15 is 0 Å². The molecule has 0 spiro atoms. The Labute approximate surface area is 109 Å². The first kappa shape index (κ1) is 15.1. The molecule has 0 aromatic heterocycles. The number of nitrogens with zero attached hydrogens (tertiary/aromatic N) is 1. The van der Waals surface area contributed by atoms with E-state index in [0.717, 1.165) is 0 Å². The summed E-state index contributed by atoms with van der Waals surface area (Å²) in [7, 11) is 0. The van der Waals surface area contributed by atoms with Crippen molar-refractivity contribution >= 4 is 11.8 Å². The third-order valence-electron chi connectivity index (χ3n) is 3.32. The highest BCUT2D eigenvalue weighted by Gasteiger charge is 2.42. The van der Waals surface area contributed by atoms with Gasteiger partial charge in [0.2, 0.25) is 11.8 Å². The fraction of sp³-hybridized carbons (Fsp3) is 0.846. The minimum absolute atomic E-state index is 0.0788. The summed E-state index contributed by atoms with van der Waals surface area (Å²) < 4.78 is 0. The summed E-state index contributed by atoms with van der Waals surface area (Å²) in [5, 5.41) is 13.0. The molecule has 1 saturated heterocycles. The predicted molar refractivity (Wildman–Crippen MR) is 68.8 cm³/mol. The molecule has 0 bridgehead atoms. The second-order valence-electron chi connectivity index (χ2n) is 6.15. The van der Waals surface area contributed by atoms with E-state index in [1.165, 1.54) is 4.90 Å². The quantitative estimate of drug-likeness (QED) is 0.713. The average molecular weight is 256 g/mol. The normalized spacial score (nSPS) is 26.9. The topological polar surface area (TPSA) is 69.6 Å². The predicted octanol–water partition coefficient (Wildman–Crippen LogP) is 0.376. The first-order valence-corrected chi connectivity index (χ1v) is 6.42. The van der Waals surface area contributed by atoms with Crippen LogP contribution in [0.2, 0.25) is 0 Å². The van der Waals surface area contributed by atoms with Gasteiger partial charge in [0.25, 0.3) is 0 Å². The van der Waals surface area contributed by atoms with Gasteiger partial charge in [-0.25, -0.2) is 0 Å². The molecule has 0 radical (unpaired) electrons. The number of nitrogens with one attached hydrogen (secondary N) is 1. The van der Waals surface area contributed by atoms with Gasteiger partial charge in [-0.1, -0.05) is 13.8 Å². The highest BCUT2D eigenvalue weighted by atomic mass is 16.3. The fourth-order valence-corrected chi connectivity index (χ4v) is 1.91. The van der Waals surface area contributed by atoms with Gasteiger partial charge in [0, 0.05) is 23.9 Å². The van der Waals surface area contributed by atoms with Gasteiger partial charge in [-0.15, -0.1) is 0 Å². The summed E-state index contributed by atoms with van der Waals surface area (Å²) in [5.41, 5.74) is -0.0966. The molecule has 0 saturated carbocycles. The van der Waals surface area contributed by atoms with E-state index in [4.69, 9.17) is 0 Å². The molecule has 1 aliphatic rings. The number of rotatable bonds is 4. The number of carbonyl (C=O) groups is 2. The second kappa shape index (κ2) is 5.36. The Kier molecular flexibility index (Phi) is 4.50. The van der Waals surface area contributed by atoms with Crippen LogP contribution in [0.4, 0.5) is 0 Å². The van der Waals surface area contributed by atoms with E-state index in [-0.39, 0.29) is 35.7 Å². The molecule has 3 unspecified atom stereocenters. The fourth-order valence-electron chi connectivity index (χ4n) is 1.91. The van der Waals surface area contributed by atoms with Crippen molar-refractivity contribution in [2.45, 2.75) is 46.3 Å². The van der Waals surface area contributed by atoms with Gasteiger partial charge in [-0.3, -0.25) is 14.5 Å².